The molecule has 0 atom stereocenters. The average Bonchev–Trinajstić information content (AvgIpc) is 3.25. The summed E-state index contributed by atoms with van der Waals surface area (Å²) in [7, 11) is 0. The number of pyridine rings is 2. The first-order valence-electron chi connectivity index (χ1n) is 11.0. The Morgan fingerprint density at radius 2 is 2.09 bits per heavy atom. The van der Waals surface area contributed by atoms with Crippen LogP contribution >= 0.6 is 11.3 Å². The topological polar surface area (TPSA) is 144 Å². The summed E-state index contributed by atoms with van der Waals surface area (Å²) < 4.78 is 1.69. The van der Waals surface area contributed by atoms with Crippen molar-refractivity contribution < 1.29 is 9.59 Å². The second-order valence-corrected chi connectivity index (χ2v) is 9.27. The number of primary amides is 1. The number of aromatic nitrogens is 6. The molecule has 0 aromatic carbocycles. The molecule has 5 aromatic rings. The summed E-state index contributed by atoms with van der Waals surface area (Å²) in [5, 5.41) is 10.5. The molecule has 11 heteroatoms. The van der Waals surface area contributed by atoms with Crippen LogP contribution in [0.15, 0.2) is 48.1 Å². The molecule has 5 aromatic heterocycles. The van der Waals surface area contributed by atoms with Crippen LogP contribution in [0.2, 0.25) is 0 Å². The van der Waals surface area contributed by atoms with Gasteiger partial charge in [-0.1, -0.05) is 6.07 Å². The van der Waals surface area contributed by atoms with Gasteiger partial charge in [-0.25, -0.2) is 15.0 Å². The number of carbonyl (C=O) groups is 2. The summed E-state index contributed by atoms with van der Waals surface area (Å²) in [4.78, 5) is 41.4. The number of aromatic amines is 1. The third-order valence-electron chi connectivity index (χ3n) is 5.91. The summed E-state index contributed by atoms with van der Waals surface area (Å²) in [6.45, 7) is 1.86. The zero-order chi connectivity index (χ0) is 24.1. The lowest BCUT2D eigenvalue weighted by Crippen LogP contribution is -2.13. The third-order valence-corrected chi connectivity index (χ3v) is 6.67. The van der Waals surface area contributed by atoms with E-state index in [9.17, 15) is 9.59 Å². The molecule has 0 radical (unpaired) electrons. The SMILES string of the molecule is Cc1nn(-c2ccccn2)c2nc(C3CC3)cc(C(=O)Nc3nc(-c4c[nH]c(C(N)=O)c4)cs3)c12. The van der Waals surface area contributed by atoms with E-state index < -0.39 is 5.91 Å². The van der Waals surface area contributed by atoms with Crippen LogP contribution in [0.5, 0.6) is 0 Å². The molecule has 174 valence electrons. The number of thiazole rings is 1. The van der Waals surface area contributed by atoms with Gasteiger partial charge in [0, 0.05) is 34.9 Å². The number of aryl methyl sites for hydroxylation is 1. The largest absolute Gasteiger partial charge is 0.364 e. The lowest BCUT2D eigenvalue weighted by Gasteiger charge is -2.08. The molecule has 1 saturated carbocycles. The van der Waals surface area contributed by atoms with Crippen molar-refractivity contribution in [3.63, 3.8) is 0 Å². The Labute approximate surface area is 203 Å². The van der Waals surface area contributed by atoms with Crippen LogP contribution in [0.4, 0.5) is 5.13 Å². The molecule has 0 spiro atoms. The Bertz CT molecular complexity index is 1600. The number of amides is 2. The molecule has 0 bridgehead atoms. The van der Waals surface area contributed by atoms with Crippen molar-refractivity contribution in [1.82, 2.24) is 29.7 Å². The molecule has 5 heterocycles. The molecule has 2 amide bonds. The number of hydrogen-bond acceptors (Lipinski definition) is 7. The minimum Gasteiger partial charge on any atom is -0.364 e. The summed E-state index contributed by atoms with van der Waals surface area (Å²) in [5.41, 5.74) is 9.65. The maximum Gasteiger partial charge on any atom is 0.265 e. The number of nitrogens with two attached hydrogens (primary N) is 1. The van der Waals surface area contributed by atoms with Crippen LogP contribution in [-0.2, 0) is 0 Å². The highest BCUT2D eigenvalue weighted by molar-refractivity contribution is 7.14. The van der Waals surface area contributed by atoms with Gasteiger partial charge in [-0.05, 0) is 44.0 Å². The van der Waals surface area contributed by atoms with Crippen LogP contribution in [0.25, 0.3) is 28.1 Å². The third kappa shape index (κ3) is 3.85. The Balaban J connectivity index is 1.37. The van der Waals surface area contributed by atoms with Gasteiger partial charge in [-0.15, -0.1) is 11.3 Å². The van der Waals surface area contributed by atoms with E-state index in [2.05, 4.69) is 25.4 Å². The van der Waals surface area contributed by atoms with Crippen molar-refractivity contribution in [3.05, 3.63) is 70.8 Å². The lowest BCUT2D eigenvalue weighted by atomic mass is 10.1. The van der Waals surface area contributed by atoms with Crippen LogP contribution in [0.1, 0.15) is 51.0 Å². The van der Waals surface area contributed by atoms with Gasteiger partial charge >= 0.3 is 0 Å². The number of hydrogen-bond donors (Lipinski definition) is 3. The Morgan fingerprint density at radius 3 is 2.80 bits per heavy atom. The van der Waals surface area contributed by atoms with E-state index >= 15 is 0 Å². The quantitative estimate of drug-likeness (QED) is 0.334. The van der Waals surface area contributed by atoms with E-state index in [4.69, 9.17) is 10.7 Å². The molecular weight excluding hydrogens is 464 g/mol. The zero-order valence-electron chi connectivity index (χ0n) is 18.6. The molecule has 1 aliphatic carbocycles. The van der Waals surface area contributed by atoms with E-state index in [-0.39, 0.29) is 5.91 Å². The van der Waals surface area contributed by atoms with E-state index in [1.54, 1.807) is 23.1 Å². The van der Waals surface area contributed by atoms with Gasteiger partial charge in [0.15, 0.2) is 16.6 Å². The predicted octanol–water partition coefficient (Wildman–Crippen LogP) is 3.80. The van der Waals surface area contributed by atoms with Gasteiger partial charge in [0.25, 0.3) is 11.8 Å². The summed E-state index contributed by atoms with van der Waals surface area (Å²) in [6, 6.07) is 9.09. The van der Waals surface area contributed by atoms with Crippen LogP contribution in [0, 0.1) is 6.92 Å². The first-order valence-corrected chi connectivity index (χ1v) is 11.9. The highest BCUT2D eigenvalue weighted by Crippen LogP contribution is 2.41. The maximum atomic E-state index is 13.5. The summed E-state index contributed by atoms with van der Waals surface area (Å²) in [6.07, 6.45) is 5.46. The van der Waals surface area contributed by atoms with Gasteiger partial charge in [0.05, 0.1) is 22.3 Å². The first-order chi connectivity index (χ1) is 17.0. The highest BCUT2D eigenvalue weighted by Gasteiger charge is 2.29. The summed E-state index contributed by atoms with van der Waals surface area (Å²) >= 11 is 1.30. The smallest absolute Gasteiger partial charge is 0.265 e. The Morgan fingerprint density at radius 1 is 1.23 bits per heavy atom. The van der Waals surface area contributed by atoms with Crippen molar-refractivity contribution in [2.24, 2.45) is 5.73 Å². The molecule has 1 aliphatic rings. The number of fused-ring (bicyclic) bond motifs is 1. The van der Waals surface area contributed by atoms with Gasteiger partial charge in [0.1, 0.15) is 5.69 Å². The molecule has 1 fully saturated rings. The van der Waals surface area contributed by atoms with Gasteiger partial charge in [0.2, 0.25) is 0 Å². The van der Waals surface area contributed by atoms with Gasteiger partial charge in [-0.3, -0.25) is 14.9 Å². The van der Waals surface area contributed by atoms with Crippen molar-refractivity contribution in [2.45, 2.75) is 25.7 Å². The van der Waals surface area contributed by atoms with Crippen molar-refractivity contribution in [3.8, 4) is 17.1 Å². The van der Waals surface area contributed by atoms with Crippen molar-refractivity contribution in [1.29, 1.82) is 0 Å². The molecule has 0 saturated heterocycles. The molecule has 0 aliphatic heterocycles. The van der Waals surface area contributed by atoms with Crippen molar-refractivity contribution in [2.75, 3.05) is 5.32 Å². The normalized spacial score (nSPS) is 13.3. The average molecular weight is 485 g/mol. The minimum atomic E-state index is -0.546. The van der Waals surface area contributed by atoms with Crippen LogP contribution in [0.3, 0.4) is 0 Å². The fourth-order valence-electron chi connectivity index (χ4n) is 4.03. The maximum absolute atomic E-state index is 13.5. The number of anilines is 1. The monoisotopic (exact) mass is 484 g/mol. The molecule has 6 rings (SSSR count). The predicted molar refractivity (Wildman–Crippen MR) is 132 cm³/mol. The van der Waals surface area contributed by atoms with E-state index in [0.717, 1.165) is 18.5 Å². The van der Waals surface area contributed by atoms with Gasteiger partial charge in [-0.2, -0.15) is 9.78 Å². The zero-order valence-corrected chi connectivity index (χ0v) is 19.5. The van der Waals surface area contributed by atoms with Gasteiger partial charge < -0.3 is 10.7 Å². The molecule has 4 N–H and O–H groups in total. The number of H-pyrrole nitrogens is 1. The van der Waals surface area contributed by atoms with E-state index in [0.29, 0.717) is 56.1 Å². The number of carbonyl (C=O) groups excluding carboxylic acids is 2. The molecule has 35 heavy (non-hydrogen) atoms. The molecular formula is C24H20N8O2S. The first kappa shape index (κ1) is 21.2. The van der Waals surface area contributed by atoms with E-state index in [1.807, 2.05) is 36.6 Å². The van der Waals surface area contributed by atoms with Crippen LogP contribution < -0.4 is 11.1 Å². The summed E-state index contributed by atoms with van der Waals surface area (Å²) in [5.74, 6) is 0.159. The highest BCUT2D eigenvalue weighted by atomic mass is 32.1. The lowest BCUT2D eigenvalue weighted by molar-refractivity contribution is 0.0994. The van der Waals surface area contributed by atoms with E-state index in [1.165, 1.54) is 11.3 Å². The Kier molecular flexibility index (Phi) is 4.92. The Hall–Kier alpha value is -4.38. The molecule has 10 nitrogen and oxygen atoms in total. The number of rotatable bonds is 6. The molecule has 0 unspecified atom stereocenters. The minimum absolute atomic E-state index is 0.282. The standard InChI is InChI=1S/C24H20N8O2S/c1-12-20-15(23(34)30-24-29-18(11-35-24)14-8-17(21(25)33)27-10-14)9-16(13-5-6-13)28-22(20)32(31-12)19-4-2-3-7-26-19/h2-4,7-11,13,27H,5-6H2,1H3,(H2,25,33)(H,29,30,34). The van der Waals surface area contributed by atoms with Crippen molar-refractivity contribution >= 4 is 39.3 Å². The number of nitrogens with one attached hydrogen (secondary N) is 2. The second-order valence-electron chi connectivity index (χ2n) is 8.41. The fourth-order valence-corrected chi connectivity index (χ4v) is 4.74. The number of nitrogens with zero attached hydrogens (tertiary/aromatic N) is 5. The van der Waals surface area contributed by atoms with Crippen LogP contribution in [-0.4, -0.2) is 41.5 Å². The fraction of sp³-hybridized carbons (Fsp3) is 0.167. The second kappa shape index (κ2) is 8.13.